The van der Waals surface area contributed by atoms with Crippen molar-refractivity contribution in [2.24, 2.45) is 0 Å². The molecule has 0 bridgehead atoms. The fraction of sp³-hybridized carbons (Fsp3) is 0. The van der Waals surface area contributed by atoms with Gasteiger partial charge in [0.15, 0.2) is 23.3 Å². The summed E-state index contributed by atoms with van der Waals surface area (Å²) in [7, 11) is 0. The Morgan fingerprint density at radius 2 is 1.22 bits per heavy atom. The highest BCUT2D eigenvalue weighted by Crippen LogP contribution is 2.32. The number of phenolic OH excluding ortho intramolecular Hbond substituents is 2. The normalized spacial score (nSPS) is 10.7. The van der Waals surface area contributed by atoms with Crippen LogP contribution in [-0.2, 0) is 0 Å². The van der Waals surface area contributed by atoms with Crippen LogP contribution in [-0.4, -0.2) is 10.2 Å². The highest BCUT2D eigenvalue weighted by atomic mass is 19.2. The summed E-state index contributed by atoms with van der Waals surface area (Å²) in [5, 5.41) is 18.4. The molecule has 0 aliphatic carbocycles. The van der Waals surface area contributed by atoms with Gasteiger partial charge in [0.2, 0.25) is 0 Å². The highest BCUT2D eigenvalue weighted by molar-refractivity contribution is 5.67. The summed E-state index contributed by atoms with van der Waals surface area (Å²) in [5.74, 6) is -7.87. The Bertz CT molecular complexity index is 606. The number of aromatic hydroxyl groups is 2. The molecule has 0 saturated heterocycles. The van der Waals surface area contributed by atoms with Gasteiger partial charge in [-0.15, -0.1) is 0 Å². The van der Waals surface area contributed by atoms with Gasteiger partial charge in [0, 0.05) is 11.6 Å². The molecule has 0 radical (unpaired) electrons. The Hall–Kier alpha value is -2.24. The maximum atomic E-state index is 13.4. The molecule has 2 rings (SSSR count). The SMILES string of the molecule is Oc1cc(O)cc(-c2cc(F)c(F)c(F)c2F)c1. The largest absolute Gasteiger partial charge is 0.508 e. The van der Waals surface area contributed by atoms with E-state index >= 15 is 0 Å². The van der Waals surface area contributed by atoms with Crippen LogP contribution in [0.15, 0.2) is 24.3 Å². The van der Waals surface area contributed by atoms with Crippen molar-refractivity contribution in [3.8, 4) is 22.6 Å². The lowest BCUT2D eigenvalue weighted by atomic mass is 10.0. The number of hydrogen-bond acceptors (Lipinski definition) is 2. The third kappa shape index (κ3) is 1.97. The molecule has 0 atom stereocenters. The number of rotatable bonds is 1. The maximum Gasteiger partial charge on any atom is 0.198 e. The van der Waals surface area contributed by atoms with Crippen molar-refractivity contribution in [3.05, 3.63) is 47.5 Å². The highest BCUT2D eigenvalue weighted by Gasteiger charge is 2.20. The minimum Gasteiger partial charge on any atom is -0.508 e. The van der Waals surface area contributed by atoms with Crippen LogP contribution in [0, 0.1) is 23.3 Å². The van der Waals surface area contributed by atoms with Crippen molar-refractivity contribution >= 4 is 0 Å². The molecule has 0 heterocycles. The van der Waals surface area contributed by atoms with Gasteiger partial charge in [-0.3, -0.25) is 0 Å². The van der Waals surface area contributed by atoms with Crippen LogP contribution < -0.4 is 0 Å². The number of benzene rings is 2. The molecule has 0 spiro atoms. The first-order chi connectivity index (χ1) is 8.40. The van der Waals surface area contributed by atoms with E-state index in [2.05, 4.69) is 0 Å². The van der Waals surface area contributed by atoms with Gasteiger partial charge in [-0.2, -0.15) is 0 Å². The number of halogens is 4. The zero-order chi connectivity index (χ0) is 13.4. The van der Waals surface area contributed by atoms with E-state index in [1.54, 1.807) is 0 Å². The lowest BCUT2D eigenvalue weighted by molar-refractivity contribution is 0.410. The van der Waals surface area contributed by atoms with Gasteiger partial charge in [-0.05, 0) is 23.8 Å². The molecule has 2 aromatic rings. The summed E-state index contributed by atoms with van der Waals surface area (Å²) >= 11 is 0. The van der Waals surface area contributed by atoms with E-state index in [9.17, 15) is 27.8 Å². The van der Waals surface area contributed by atoms with E-state index in [4.69, 9.17) is 0 Å². The predicted octanol–water partition coefficient (Wildman–Crippen LogP) is 3.32. The Balaban J connectivity index is 2.71. The van der Waals surface area contributed by atoms with E-state index in [1.165, 1.54) is 0 Å². The van der Waals surface area contributed by atoms with Crippen molar-refractivity contribution in [1.29, 1.82) is 0 Å². The summed E-state index contributed by atoms with van der Waals surface area (Å²) in [5.41, 5.74) is -0.777. The van der Waals surface area contributed by atoms with Gasteiger partial charge < -0.3 is 10.2 Å². The molecule has 0 aliphatic rings. The van der Waals surface area contributed by atoms with Gasteiger partial charge >= 0.3 is 0 Å². The van der Waals surface area contributed by atoms with Crippen LogP contribution in [0.25, 0.3) is 11.1 Å². The molecule has 0 fully saturated rings. The van der Waals surface area contributed by atoms with E-state index in [1.807, 2.05) is 0 Å². The molecule has 0 saturated carbocycles. The summed E-state index contributed by atoms with van der Waals surface area (Å²) in [6, 6.07) is 3.36. The van der Waals surface area contributed by atoms with Crippen molar-refractivity contribution in [3.63, 3.8) is 0 Å². The first kappa shape index (κ1) is 12.2. The van der Waals surface area contributed by atoms with Crippen LogP contribution >= 0.6 is 0 Å². The topological polar surface area (TPSA) is 40.5 Å². The summed E-state index contributed by atoms with van der Waals surface area (Å²) < 4.78 is 52.2. The average molecular weight is 258 g/mol. The molecule has 0 aromatic heterocycles. The fourth-order valence-corrected chi connectivity index (χ4v) is 1.53. The van der Waals surface area contributed by atoms with E-state index in [0.29, 0.717) is 6.07 Å². The van der Waals surface area contributed by atoms with Gasteiger partial charge in [0.1, 0.15) is 11.5 Å². The average Bonchev–Trinajstić information content (AvgIpc) is 2.30. The molecule has 94 valence electrons. The van der Waals surface area contributed by atoms with E-state index in [0.717, 1.165) is 18.2 Å². The summed E-state index contributed by atoms with van der Waals surface area (Å²) in [4.78, 5) is 0. The molecule has 2 N–H and O–H groups in total. The Morgan fingerprint density at radius 1 is 0.667 bits per heavy atom. The second kappa shape index (κ2) is 4.21. The molecule has 18 heavy (non-hydrogen) atoms. The second-order valence-electron chi connectivity index (χ2n) is 3.59. The van der Waals surface area contributed by atoms with Crippen LogP contribution in [0.1, 0.15) is 0 Å². The molecule has 2 nitrogen and oxygen atoms in total. The van der Waals surface area contributed by atoms with Gasteiger partial charge in [0.25, 0.3) is 0 Å². The van der Waals surface area contributed by atoms with Gasteiger partial charge in [-0.25, -0.2) is 17.6 Å². The van der Waals surface area contributed by atoms with Crippen molar-refractivity contribution in [2.45, 2.75) is 0 Å². The quantitative estimate of drug-likeness (QED) is 0.468. The molecule has 2 aromatic carbocycles. The summed E-state index contributed by atoms with van der Waals surface area (Å²) in [6.07, 6.45) is 0. The Kier molecular flexibility index (Phi) is 2.86. The zero-order valence-electron chi connectivity index (χ0n) is 8.72. The number of hydrogen-bond donors (Lipinski definition) is 2. The van der Waals surface area contributed by atoms with Crippen molar-refractivity contribution in [2.75, 3.05) is 0 Å². The Morgan fingerprint density at radius 3 is 1.78 bits per heavy atom. The molecule has 0 unspecified atom stereocenters. The van der Waals surface area contributed by atoms with Gasteiger partial charge in [0.05, 0.1) is 0 Å². The van der Waals surface area contributed by atoms with Crippen molar-refractivity contribution < 1.29 is 27.8 Å². The lowest BCUT2D eigenvalue weighted by Gasteiger charge is -2.07. The van der Waals surface area contributed by atoms with Crippen molar-refractivity contribution in [1.82, 2.24) is 0 Å². The lowest BCUT2D eigenvalue weighted by Crippen LogP contribution is -1.98. The minimum atomic E-state index is -1.95. The fourth-order valence-electron chi connectivity index (χ4n) is 1.53. The third-order valence-electron chi connectivity index (χ3n) is 2.32. The zero-order valence-corrected chi connectivity index (χ0v) is 8.72. The Labute approximate surface area is 98.7 Å². The second-order valence-corrected chi connectivity index (χ2v) is 3.59. The predicted molar refractivity (Wildman–Crippen MR) is 55.0 cm³/mol. The standard InChI is InChI=1S/C12H6F4O2/c13-9-4-8(10(14)12(16)11(9)15)5-1-6(17)3-7(18)2-5/h1-4,17-18H. The minimum absolute atomic E-state index is 0.178. The maximum absolute atomic E-state index is 13.4. The monoisotopic (exact) mass is 258 g/mol. The van der Waals surface area contributed by atoms with E-state index in [-0.39, 0.29) is 5.56 Å². The van der Waals surface area contributed by atoms with E-state index < -0.39 is 40.3 Å². The molecular weight excluding hydrogens is 252 g/mol. The molecule has 0 aliphatic heterocycles. The molecule has 6 heteroatoms. The first-order valence-corrected chi connectivity index (χ1v) is 4.76. The third-order valence-corrected chi connectivity index (χ3v) is 2.32. The van der Waals surface area contributed by atoms with Gasteiger partial charge in [-0.1, -0.05) is 0 Å². The molecule has 0 amide bonds. The smallest absolute Gasteiger partial charge is 0.198 e. The van der Waals surface area contributed by atoms with Crippen LogP contribution in [0.4, 0.5) is 17.6 Å². The summed E-state index contributed by atoms with van der Waals surface area (Å²) in [6.45, 7) is 0. The van der Waals surface area contributed by atoms with Crippen LogP contribution in [0.3, 0.4) is 0 Å². The van der Waals surface area contributed by atoms with Crippen LogP contribution in [0.5, 0.6) is 11.5 Å². The molecular formula is C12H6F4O2. The number of phenols is 2. The van der Waals surface area contributed by atoms with Crippen LogP contribution in [0.2, 0.25) is 0 Å². The first-order valence-electron chi connectivity index (χ1n) is 4.76.